The van der Waals surface area contributed by atoms with Gasteiger partial charge in [-0.2, -0.15) is 13.5 Å². The van der Waals surface area contributed by atoms with Gasteiger partial charge in [0, 0.05) is 36.9 Å². The van der Waals surface area contributed by atoms with Crippen LogP contribution in [0.25, 0.3) is 0 Å². The van der Waals surface area contributed by atoms with Crippen LogP contribution in [-0.2, 0) is 34.4 Å². The highest BCUT2D eigenvalue weighted by Gasteiger charge is 2.39. The Bertz CT molecular complexity index is 1190. The molecule has 3 heterocycles. The lowest BCUT2D eigenvalue weighted by molar-refractivity contribution is -0.117. The molecule has 0 aliphatic carbocycles. The number of hydrogen-bond donors (Lipinski definition) is 2. The Morgan fingerprint density at radius 2 is 2.00 bits per heavy atom. The van der Waals surface area contributed by atoms with Crippen molar-refractivity contribution in [3.8, 4) is 5.75 Å². The summed E-state index contributed by atoms with van der Waals surface area (Å²) in [5, 5.41) is 15.0. The van der Waals surface area contributed by atoms with E-state index >= 15 is 4.39 Å². The number of benzene rings is 1. The highest BCUT2D eigenvalue weighted by molar-refractivity contribution is 7.92. The van der Waals surface area contributed by atoms with Crippen LogP contribution >= 0.6 is 0 Å². The van der Waals surface area contributed by atoms with Crippen molar-refractivity contribution in [2.75, 3.05) is 23.9 Å². The van der Waals surface area contributed by atoms with E-state index in [2.05, 4.69) is 30.8 Å². The van der Waals surface area contributed by atoms with E-state index in [0.717, 1.165) is 17.8 Å². The summed E-state index contributed by atoms with van der Waals surface area (Å²) >= 11 is 0. The van der Waals surface area contributed by atoms with E-state index in [0.29, 0.717) is 41.5 Å². The van der Waals surface area contributed by atoms with E-state index in [4.69, 9.17) is 0 Å². The van der Waals surface area contributed by atoms with Crippen molar-refractivity contribution in [3.63, 3.8) is 0 Å². The van der Waals surface area contributed by atoms with E-state index in [1.54, 1.807) is 4.72 Å². The van der Waals surface area contributed by atoms with Crippen LogP contribution in [0.5, 0.6) is 5.75 Å². The highest BCUT2D eigenvalue weighted by atomic mass is 32.2. The summed E-state index contributed by atoms with van der Waals surface area (Å²) in [5.41, 5.74) is 3.83. The maximum atomic E-state index is 15.4. The minimum Gasteiger partial charge on any atom is -0.506 e. The van der Waals surface area contributed by atoms with Gasteiger partial charge < -0.3 is 5.11 Å². The first-order valence-corrected chi connectivity index (χ1v) is 12.1. The molecule has 0 bridgehead atoms. The molecule has 0 unspecified atom stereocenters. The average molecular weight is 466 g/mol. The maximum absolute atomic E-state index is 15.4. The number of hydrogen-bond acceptors (Lipinski definition) is 6. The fourth-order valence-electron chi connectivity index (χ4n) is 4.60. The minimum absolute atomic E-state index is 0.271. The van der Waals surface area contributed by atoms with Gasteiger partial charge in [-0.05, 0) is 57.7 Å². The standard InChI is InChI=1S/C21H28FN5O4S/c1-12(2)27-14(4)16(13(3)23-27)6-8-25-7-5-15-9-18(28)21(20(22)17(15)10-25)26-11-19(29)24-32(26,30)31/h9,12,28H,5-8,10-11H2,1-4H3,(H,24,29). The molecular formula is C21H28FN5O4S. The SMILES string of the molecule is Cc1nn(C(C)C)c(C)c1CCN1CCc2cc(O)c(N3CC(=O)NS3(=O)=O)c(F)c2C1. The largest absolute Gasteiger partial charge is 0.506 e. The van der Waals surface area contributed by atoms with Gasteiger partial charge in [-0.1, -0.05) is 0 Å². The van der Waals surface area contributed by atoms with Crippen molar-refractivity contribution in [2.24, 2.45) is 0 Å². The highest BCUT2D eigenvalue weighted by Crippen LogP contribution is 2.39. The van der Waals surface area contributed by atoms with Crippen LogP contribution in [0.4, 0.5) is 10.1 Å². The number of anilines is 1. The molecular weight excluding hydrogens is 437 g/mol. The lowest BCUT2D eigenvalue weighted by atomic mass is 9.97. The van der Waals surface area contributed by atoms with Crippen molar-refractivity contribution in [2.45, 2.75) is 53.1 Å². The Morgan fingerprint density at radius 3 is 2.59 bits per heavy atom. The first-order valence-electron chi connectivity index (χ1n) is 10.6. The number of nitrogens with zero attached hydrogens (tertiary/aromatic N) is 4. The number of halogens is 1. The lowest BCUT2D eigenvalue weighted by Crippen LogP contribution is -2.34. The van der Waals surface area contributed by atoms with E-state index < -0.39 is 39.9 Å². The van der Waals surface area contributed by atoms with Crippen LogP contribution in [0.15, 0.2) is 6.07 Å². The van der Waals surface area contributed by atoms with E-state index in [9.17, 15) is 18.3 Å². The van der Waals surface area contributed by atoms with Crippen molar-refractivity contribution >= 4 is 21.8 Å². The number of phenols is 1. The van der Waals surface area contributed by atoms with Gasteiger partial charge in [0.05, 0.1) is 5.69 Å². The number of phenolic OH excluding ortho intramolecular Hbond substituents is 1. The minimum atomic E-state index is -4.22. The van der Waals surface area contributed by atoms with E-state index in [-0.39, 0.29) is 6.04 Å². The fraction of sp³-hybridized carbons (Fsp3) is 0.524. The normalized spacial score (nSPS) is 18.3. The first kappa shape index (κ1) is 22.5. The molecule has 0 radical (unpaired) electrons. The molecule has 1 fully saturated rings. The molecule has 1 aromatic carbocycles. The number of fused-ring (bicyclic) bond motifs is 1. The zero-order valence-corrected chi connectivity index (χ0v) is 19.5. The number of aromatic hydroxyl groups is 1. The van der Waals surface area contributed by atoms with Crippen molar-refractivity contribution < 1.29 is 22.7 Å². The second-order valence-electron chi connectivity index (χ2n) is 8.70. The van der Waals surface area contributed by atoms with Gasteiger partial charge in [-0.25, -0.2) is 13.4 Å². The van der Waals surface area contributed by atoms with Crippen LogP contribution in [-0.4, -0.2) is 53.7 Å². The number of carbonyl (C=O) groups is 1. The average Bonchev–Trinajstić information content (AvgIpc) is 3.14. The summed E-state index contributed by atoms with van der Waals surface area (Å²) in [6.07, 6.45) is 1.30. The fourth-order valence-corrected chi connectivity index (χ4v) is 5.76. The monoisotopic (exact) mass is 465 g/mol. The molecule has 2 aliphatic heterocycles. The molecule has 2 N–H and O–H groups in total. The van der Waals surface area contributed by atoms with Crippen LogP contribution in [0.3, 0.4) is 0 Å². The molecule has 4 rings (SSSR count). The number of aryl methyl sites for hydroxylation is 1. The van der Waals surface area contributed by atoms with Gasteiger partial charge in [-0.15, -0.1) is 0 Å². The topological polar surface area (TPSA) is 108 Å². The summed E-state index contributed by atoms with van der Waals surface area (Å²) in [4.78, 5) is 13.7. The number of amides is 1. The van der Waals surface area contributed by atoms with Gasteiger partial charge >= 0.3 is 10.2 Å². The number of carbonyl (C=O) groups excluding carboxylic acids is 1. The van der Waals surface area contributed by atoms with Gasteiger partial charge in [0.15, 0.2) is 5.82 Å². The first-order chi connectivity index (χ1) is 15.0. The van der Waals surface area contributed by atoms with Gasteiger partial charge in [0.25, 0.3) is 5.91 Å². The molecule has 0 saturated carbocycles. The maximum Gasteiger partial charge on any atom is 0.326 e. The molecule has 1 saturated heterocycles. The van der Waals surface area contributed by atoms with Crippen LogP contribution in [0.1, 0.15) is 48.0 Å². The molecule has 0 atom stereocenters. The third-order valence-corrected chi connectivity index (χ3v) is 7.58. The number of aromatic nitrogens is 2. The Balaban J connectivity index is 1.57. The summed E-state index contributed by atoms with van der Waals surface area (Å²) in [5.74, 6) is -2.05. The predicted molar refractivity (Wildman–Crippen MR) is 117 cm³/mol. The Hall–Kier alpha value is -2.66. The molecule has 9 nitrogen and oxygen atoms in total. The van der Waals surface area contributed by atoms with Crippen molar-refractivity contribution in [1.29, 1.82) is 0 Å². The second-order valence-corrected chi connectivity index (χ2v) is 10.3. The van der Waals surface area contributed by atoms with Crippen LogP contribution in [0.2, 0.25) is 0 Å². The molecule has 0 spiro atoms. The molecule has 32 heavy (non-hydrogen) atoms. The Labute approximate surface area is 187 Å². The zero-order chi connectivity index (χ0) is 23.4. The molecule has 11 heteroatoms. The quantitative estimate of drug-likeness (QED) is 0.696. The third-order valence-electron chi connectivity index (χ3n) is 6.20. The summed E-state index contributed by atoms with van der Waals surface area (Å²) in [6.45, 7) is 9.35. The van der Waals surface area contributed by atoms with Gasteiger partial charge in [-0.3, -0.25) is 14.4 Å². The van der Waals surface area contributed by atoms with E-state index in [1.165, 1.54) is 11.6 Å². The molecule has 2 aliphatic rings. The number of rotatable bonds is 5. The zero-order valence-electron chi connectivity index (χ0n) is 18.6. The summed E-state index contributed by atoms with van der Waals surface area (Å²) in [7, 11) is -4.22. The van der Waals surface area contributed by atoms with Crippen LogP contribution in [0, 0.1) is 19.7 Å². The molecule has 2 aromatic rings. The Morgan fingerprint density at radius 1 is 1.28 bits per heavy atom. The van der Waals surface area contributed by atoms with Crippen LogP contribution < -0.4 is 9.03 Å². The van der Waals surface area contributed by atoms with Crippen molar-refractivity contribution in [3.05, 3.63) is 40.0 Å². The van der Waals surface area contributed by atoms with Gasteiger partial charge in [0.1, 0.15) is 18.0 Å². The van der Waals surface area contributed by atoms with E-state index in [1.807, 2.05) is 11.6 Å². The third kappa shape index (κ3) is 3.83. The summed E-state index contributed by atoms with van der Waals surface area (Å²) in [6, 6.07) is 1.68. The smallest absolute Gasteiger partial charge is 0.326 e. The van der Waals surface area contributed by atoms with Crippen molar-refractivity contribution in [1.82, 2.24) is 19.4 Å². The second kappa shape index (κ2) is 8.04. The predicted octanol–water partition coefficient (Wildman–Crippen LogP) is 1.71. The Kier molecular flexibility index (Phi) is 5.66. The summed E-state index contributed by atoms with van der Waals surface area (Å²) < 4.78 is 44.2. The van der Waals surface area contributed by atoms with Gasteiger partial charge in [0.2, 0.25) is 0 Å². The molecule has 1 aromatic heterocycles. The molecule has 174 valence electrons. The lowest BCUT2D eigenvalue weighted by Gasteiger charge is -2.30. The number of nitrogens with one attached hydrogen (secondary N) is 1. The molecule has 1 amide bonds.